The lowest BCUT2D eigenvalue weighted by molar-refractivity contribution is 0.304. The summed E-state index contributed by atoms with van der Waals surface area (Å²) < 4.78 is 2.12. The first-order chi connectivity index (χ1) is 7.34. The summed E-state index contributed by atoms with van der Waals surface area (Å²) in [5, 5.41) is 4.65. The normalized spacial score (nSPS) is 26.9. The van der Waals surface area contributed by atoms with Gasteiger partial charge in [-0.2, -0.15) is 5.10 Å². The molecule has 1 aromatic heterocycles. The zero-order chi connectivity index (χ0) is 10.3. The fourth-order valence-electron chi connectivity index (χ4n) is 2.68. The zero-order valence-corrected chi connectivity index (χ0v) is 9.32. The minimum absolute atomic E-state index is 0.475. The maximum absolute atomic E-state index is 4.69. The summed E-state index contributed by atoms with van der Waals surface area (Å²) in [5.41, 5.74) is 0. The minimum Gasteiger partial charge on any atom is -0.296 e. The molecular weight excluding hydrogens is 188 g/mol. The second kappa shape index (κ2) is 3.59. The Morgan fingerprint density at radius 2 is 2.13 bits per heavy atom. The Morgan fingerprint density at radius 1 is 1.20 bits per heavy atom. The molecule has 0 saturated carbocycles. The van der Waals surface area contributed by atoms with E-state index in [2.05, 4.69) is 21.7 Å². The highest BCUT2D eigenvalue weighted by atomic mass is 15.4. The lowest BCUT2D eigenvalue weighted by atomic mass is 10.2. The van der Waals surface area contributed by atoms with Crippen LogP contribution < -0.4 is 0 Å². The van der Waals surface area contributed by atoms with Crippen LogP contribution in [0, 0.1) is 0 Å². The second-order valence-electron chi connectivity index (χ2n) is 4.71. The number of aromatic nitrogens is 3. The second-order valence-corrected chi connectivity index (χ2v) is 4.71. The van der Waals surface area contributed by atoms with E-state index in [-0.39, 0.29) is 0 Å². The number of likely N-dealkylation sites (tertiary alicyclic amines) is 1. The van der Waals surface area contributed by atoms with E-state index in [0.717, 1.165) is 18.8 Å². The van der Waals surface area contributed by atoms with Crippen LogP contribution in [-0.4, -0.2) is 33.3 Å². The van der Waals surface area contributed by atoms with Crippen molar-refractivity contribution < 1.29 is 0 Å². The SMILES string of the molecule is CN1CCCC1c1nc2n(n1)CCCC2. The van der Waals surface area contributed by atoms with Gasteiger partial charge in [-0.15, -0.1) is 0 Å². The van der Waals surface area contributed by atoms with Gasteiger partial charge in [0.1, 0.15) is 5.82 Å². The van der Waals surface area contributed by atoms with Gasteiger partial charge < -0.3 is 0 Å². The van der Waals surface area contributed by atoms with Crippen molar-refractivity contribution >= 4 is 0 Å². The van der Waals surface area contributed by atoms with E-state index in [1.807, 2.05) is 0 Å². The highest BCUT2D eigenvalue weighted by Crippen LogP contribution is 2.28. The first kappa shape index (κ1) is 9.33. The molecule has 1 aromatic rings. The van der Waals surface area contributed by atoms with Gasteiger partial charge in [-0.05, 0) is 39.3 Å². The molecule has 82 valence electrons. The van der Waals surface area contributed by atoms with Crippen LogP contribution in [0.25, 0.3) is 0 Å². The first-order valence-electron chi connectivity index (χ1n) is 5.98. The maximum Gasteiger partial charge on any atom is 0.168 e. The smallest absolute Gasteiger partial charge is 0.168 e. The molecule has 3 heterocycles. The molecule has 4 nitrogen and oxygen atoms in total. The van der Waals surface area contributed by atoms with Crippen LogP contribution in [0.2, 0.25) is 0 Å². The zero-order valence-electron chi connectivity index (χ0n) is 9.32. The fraction of sp³-hybridized carbons (Fsp3) is 0.818. The number of nitrogens with zero attached hydrogens (tertiary/aromatic N) is 4. The third-order valence-electron chi connectivity index (χ3n) is 3.60. The fourth-order valence-corrected chi connectivity index (χ4v) is 2.68. The van der Waals surface area contributed by atoms with Gasteiger partial charge in [0.25, 0.3) is 0 Å². The standard InChI is InChI=1S/C11H18N4/c1-14-7-4-5-9(14)11-12-10-6-2-3-8-15(10)13-11/h9H,2-8H2,1H3. The predicted octanol–water partition coefficient (Wildman–Crippen LogP) is 1.38. The van der Waals surface area contributed by atoms with E-state index in [1.54, 1.807) is 0 Å². The van der Waals surface area contributed by atoms with Crippen LogP contribution in [0.15, 0.2) is 0 Å². The molecule has 1 saturated heterocycles. The van der Waals surface area contributed by atoms with Gasteiger partial charge in [0.05, 0.1) is 6.04 Å². The van der Waals surface area contributed by atoms with Gasteiger partial charge in [0.15, 0.2) is 5.82 Å². The van der Waals surface area contributed by atoms with Crippen LogP contribution in [-0.2, 0) is 13.0 Å². The van der Waals surface area contributed by atoms with E-state index in [9.17, 15) is 0 Å². The topological polar surface area (TPSA) is 34.0 Å². The van der Waals surface area contributed by atoms with E-state index < -0.39 is 0 Å². The van der Waals surface area contributed by atoms with Gasteiger partial charge >= 0.3 is 0 Å². The first-order valence-corrected chi connectivity index (χ1v) is 5.98. The quantitative estimate of drug-likeness (QED) is 0.696. The molecule has 2 aliphatic rings. The van der Waals surface area contributed by atoms with Gasteiger partial charge in [-0.1, -0.05) is 0 Å². The molecule has 0 N–H and O–H groups in total. The summed E-state index contributed by atoms with van der Waals surface area (Å²) in [4.78, 5) is 7.07. The number of rotatable bonds is 1. The van der Waals surface area contributed by atoms with Crippen LogP contribution in [0.1, 0.15) is 43.4 Å². The third kappa shape index (κ3) is 1.57. The molecule has 0 amide bonds. The highest BCUT2D eigenvalue weighted by molar-refractivity contribution is 5.02. The summed E-state index contributed by atoms with van der Waals surface area (Å²) in [5.74, 6) is 2.27. The molecule has 1 unspecified atom stereocenters. The van der Waals surface area contributed by atoms with Crippen molar-refractivity contribution in [3.63, 3.8) is 0 Å². The summed E-state index contributed by atoms with van der Waals surface area (Å²) in [6.45, 7) is 2.26. The van der Waals surface area contributed by atoms with Crippen LogP contribution >= 0.6 is 0 Å². The van der Waals surface area contributed by atoms with Gasteiger partial charge in [0, 0.05) is 13.0 Å². The summed E-state index contributed by atoms with van der Waals surface area (Å²) in [6.07, 6.45) is 6.16. The molecule has 0 radical (unpaired) electrons. The summed E-state index contributed by atoms with van der Waals surface area (Å²) in [6, 6.07) is 0.475. The van der Waals surface area contributed by atoms with Crippen molar-refractivity contribution in [2.45, 2.75) is 44.7 Å². The van der Waals surface area contributed by atoms with Crippen LogP contribution in [0.3, 0.4) is 0 Å². The molecule has 3 rings (SSSR count). The lowest BCUT2D eigenvalue weighted by Crippen LogP contribution is -2.18. The maximum atomic E-state index is 4.69. The van der Waals surface area contributed by atoms with Crippen LogP contribution in [0.4, 0.5) is 0 Å². The van der Waals surface area contributed by atoms with Crippen LogP contribution in [0.5, 0.6) is 0 Å². The third-order valence-corrected chi connectivity index (χ3v) is 3.60. The van der Waals surface area contributed by atoms with Crippen molar-refractivity contribution in [3.05, 3.63) is 11.6 Å². The Hall–Kier alpha value is -0.900. The lowest BCUT2D eigenvalue weighted by Gasteiger charge is -2.15. The minimum atomic E-state index is 0.475. The predicted molar refractivity (Wildman–Crippen MR) is 57.6 cm³/mol. The molecular formula is C11H18N4. The van der Waals surface area contributed by atoms with Crippen molar-refractivity contribution in [1.29, 1.82) is 0 Å². The van der Waals surface area contributed by atoms with Gasteiger partial charge in [0.2, 0.25) is 0 Å². The summed E-state index contributed by atoms with van der Waals surface area (Å²) >= 11 is 0. The van der Waals surface area contributed by atoms with Gasteiger partial charge in [-0.3, -0.25) is 4.90 Å². The Labute approximate surface area is 90.3 Å². The number of aryl methyl sites for hydroxylation is 2. The Kier molecular flexibility index (Phi) is 2.24. The van der Waals surface area contributed by atoms with E-state index >= 15 is 0 Å². The molecule has 2 aliphatic heterocycles. The van der Waals surface area contributed by atoms with Gasteiger partial charge in [-0.25, -0.2) is 9.67 Å². The van der Waals surface area contributed by atoms with E-state index in [1.165, 1.54) is 38.1 Å². The molecule has 0 spiro atoms. The number of hydrogen-bond donors (Lipinski definition) is 0. The van der Waals surface area contributed by atoms with Crippen molar-refractivity contribution in [3.8, 4) is 0 Å². The molecule has 1 fully saturated rings. The number of fused-ring (bicyclic) bond motifs is 1. The Morgan fingerprint density at radius 3 is 2.87 bits per heavy atom. The van der Waals surface area contributed by atoms with E-state index in [4.69, 9.17) is 4.98 Å². The van der Waals surface area contributed by atoms with Crippen molar-refractivity contribution in [2.24, 2.45) is 0 Å². The summed E-state index contributed by atoms with van der Waals surface area (Å²) in [7, 11) is 2.18. The monoisotopic (exact) mass is 206 g/mol. The largest absolute Gasteiger partial charge is 0.296 e. The van der Waals surface area contributed by atoms with Crippen molar-refractivity contribution in [2.75, 3.05) is 13.6 Å². The molecule has 0 aliphatic carbocycles. The Balaban J connectivity index is 1.88. The highest BCUT2D eigenvalue weighted by Gasteiger charge is 2.27. The average Bonchev–Trinajstić information content (AvgIpc) is 2.82. The number of hydrogen-bond acceptors (Lipinski definition) is 3. The Bertz CT molecular complexity index is 334. The average molecular weight is 206 g/mol. The molecule has 0 aromatic carbocycles. The molecule has 15 heavy (non-hydrogen) atoms. The molecule has 0 bridgehead atoms. The molecule has 4 heteroatoms. The van der Waals surface area contributed by atoms with E-state index in [0.29, 0.717) is 6.04 Å². The molecule has 1 atom stereocenters. The van der Waals surface area contributed by atoms with Crippen molar-refractivity contribution in [1.82, 2.24) is 19.7 Å².